The van der Waals surface area contributed by atoms with Crippen LogP contribution in [0.1, 0.15) is 103 Å². The van der Waals surface area contributed by atoms with E-state index in [0.29, 0.717) is 0 Å². The third-order valence-corrected chi connectivity index (χ3v) is 4.37. The van der Waals surface area contributed by atoms with E-state index in [1.807, 2.05) is 0 Å². The molecule has 133 valence electrons. The molecule has 0 saturated carbocycles. The number of nitrogens with one attached hydrogen (secondary N) is 1. The van der Waals surface area contributed by atoms with Crippen LogP contribution in [-0.4, -0.2) is 19.6 Å². The first-order valence-electron chi connectivity index (χ1n) is 10.1. The van der Waals surface area contributed by atoms with Gasteiger partial charge in [0.15, 0.2) is 0 Å². The Morgan fingerprint density at radius 2 is 1.14 bits per heavy atom. The average molecular weight is 312 g/mol. The third kappa shape index (κ3) is 19.9. The van der Waals surface area contributed by atoms with Gasteiger partial charge in [-0.1, -0.05) is 96.8 Å². The molecule has 0 aromatic rings. The minimum atomic E-state index is 0.743. The molecule has 0 unspecified atom stereocenters. The summed E-state index contributed by atoms with van der Waals surface area (Å²) in [6, 6.07) is 0. The summed E-state index contributed by atoms with van der Waals surface area (Å²) >= 11 is 0. The summed E-state index contributed by atoms with van der Waals surface area (Å²) in [7, 11) is 0. The van der Waals surface area contributed by atoms with Crippen LogP contribution in [0.25, 0.3) is 0 Å². The fourth-order valence-corrected chi connectivity index (χ4v) is 2.89. The molecular formula is C20H43N2. The van der Waals surface area contributed by atoms with Gasteiger partial charge < -0.3 is 11.1 Å². The Morgan fingerprint density at radius 3 is 1.59 bits per heavy atom. The van der Waals surface area contributed by atoms with Gasteiger partial charge in [0.25, 0.3) is 0 Å². The van der Waals surface area contributed by atoms with Gasteiger partial charge >= 0.3 is 0 Å². The monoisotopic (exact) mass is 311 g/mol. The molecule has 22 heavy (non-hydrogen) atoms. The van der Waals surface area contributed by atoms with Crippen molar-refractivity contribution in [3.05, 3.63) is 6.42 Å². The molecule has 0 heterocycles. The summed E-state index contributed by atoms with van der Waals surface area (Å²) < 4.78 is 0. The van der Waals surface area contributed by atoms with Crippen molar-refractivity contribution in [2.24, 2.45) is 5.73 Å². The Labute approximate surface area is 141 Å². The molecule has 0 aliphatic carbocycles. The predicted octanol–water partition coefficient (Wildman–Crippen LogP) is 5.61. The van der Waals surface area contributed by atoms with Gasteiger partial charge in [0, 0.05) is 13.1 Å². The first-order valence-corrected chi connectivity index (χ1v) is 10.1. The number of hydrogen-bond donors (Lipinski definition) is 2. The van der Waals surface area contributed by atoms with Crippen molar-refractivity contribution >= 4 is 0 Å². The molecule has 2 nitrogen and oxygen atoms in total. The molecule has 0 aliphatic rings. The normalized spacial score (nSPS) is 11.2. The molecule has 0 atom stereocenters. The maximum Gasteiger partial charge on any atom is 0.00746 e. The van der Waals surface area contributed by atoms with E-state index in [9.17, 15) is 0 Å². The molecule has 0 aromatic heterocycles. The van der Waals surface area contributed by atoms with Gasteiger partial charge in [-0.05, 0) is 19.4 Å². The number of unbranched alkanes of at least 4 members (excludes halogenated alkanes) is 15. The first-order chi connectivity index (χ1) is 10.9. The molecule has 0 aromatic carbocycles. The van der Waals surface area contributed by atoms with Crippen LogP contribution in [0, 0.1) is 6.42 Å². The summed E-state index contributed by atoms with van der Waals surface area (Å²) in [4.78, 5) is 0. The van der Waals surface area contributed by atoms with E-state index < -0.39 is 0 Å². The van der Waals surface area contributed by atoms with Crippen molar-refractivity contribution in [2.75, 3.05) is 19.6 Å². The van der Waals surface area contributed by atoms with Gasteiger partial charge in [0.05, 0.1) is 0 Å². The van der Waals surface area contributed by atoms with Crippen LogP contribution in [0.4, 0.5) is 0 Å². The standard InChI is InChI=1S/C20H43N2/c1-2-3-4-5-6-7-8-9-10-11-12-13-14-15-16-17-19-22-20-18-21/h17,22H,2-16,18-21H2,1H3. The van der Waals surface area contributed by atoms with Crippen molar-refractivity contribution < 1.29 is 0 Å². The first kappa shape index (κ1) is 21.9. The van der Waals surface area contributed by atoms with Crippen LogP contribution < -0.4 is 11.1 Å². The molecule has 0 bridgehead atoms. The summed E-state index contributed by atoms with van der Waals surface area (Å²) in [5, 5.41) is 3.30. The Balaban J connectivity index is 2.91. The van der Waals surface area contributed by atoms with Gasteiger partial charge in [-0.3, -0.25) is 0 Å². The van der Waals surface area contributed by atoms with Gasteiger partial charge in [0.1, 0.15) is 0 Å². The fourth-order valence-electron chi connectivity index (χ4n) is 2.89. The second-order valence-electron chi connectivity index (χ2n) is 6.67. The van der Waals surface area contributed by atoms with Gasteiger partial charge in [-0.2, -0.15) is 0 Å². The minimum absolute atomic E-state index is 0.743. The van der Waals surface area contributed by atoms with Crippen LogP contribution >= 0.6 is 0 Å². The molecule has 0 fully saturated rings. The highest BCUT2D eigenvalue weighted by molar-refractivity contribution is 4.67. The Hall–Kier alpha value is -0.0800. The van der Waals surface area contributed by atoms with Crippen LogP contribution in [-0.2, 0) is 0 Å². The Bertz CT molecular complexity index is 163. The molecule has 2 heteroatoms. The van der Waals surface area contributed by atoms with Crippen LogP contribution in [0.2, 0.25) is 0 Å². The lowest BCUT2D eigenvalue weighted by molar-refractivity contribution is 0.534. The predicted molar refractivity (Wildman–Crippen MR) is 101 cm³/mol. The van der Waals surface area contributed by atoms with Gasteiger partial charge in [-0.25, -0.2) is 0 Å². The topological polar surface area (TPSA) is 38.0 Å². The lowest BCUT2D eigenvalue weighted by atomic mass is 10.0. The van der Waals surface area contributed by atoms with Gasteiger partial charge in [0.2, 0.25) is 0 Å². The minimum Gasteiger partial charge on any atom is -0.329 e. The third-order valence-electron chi connectivity index (χ3n) is 4.37. The van der Waals surface area contributed by atoms with Crippen LogP contribution in [0.15, 0.2) is 0 Å². The zero-order valence-corrected chi connectivity index (χ0v) is 15.4. The van der Waals surface area contributed by atoms with E-state index in [1.54, 1.807) is 0 Å². The number of rotatable bonds is 19. The summed E-state index contributed by atoms with van der Waals surface area (Å²) in [5.74, 6) is 0. The highest BCUT2D eigenvalue weighted by atomic mass is 14.9. The summed E-state index contributed by atoms with van der Waals surface area (Å²) in [6.07, 6.45) is 23.8. The highest BCUT2D eigenvalue weighted by Gasteiger charge is 1.94. The van der Waals surface area contributed by atoms with Crippen molar-refractivity contribution in [3.8, 4) is 0 Å². The summed E-state index contributed by atoms with van der Waals surface area (Å²) in [5.41, 5.74) is 5.42. The maximum atomic E-state index is 5.42. The molecule has 0 amide bonds. The lowest BCUT2D eigenvalue weighted by Gasteiger charge is -2.04. The van der Waals surface area contributed by atoms with E-state index in [-0.39, 0.29) is 0 Å². The maximum absolute atomic E-state index is 5.42. The van der Waals surface area contributed by atoms with Crippen molar-refractivity contribution in [2.45, 2.75) is 103 Å². The molecule has 1 radical (unpaired) electrons. The average Bonchev–Trinajstić information content (AvgIpc) is 2.54. The van der Waals surface area contributed by atoms with Crippen molar-refractivity contribution in [1.82, 2.24) is 5.32 Å². The molecule has 0 aliphatic heterocycles. The largest absolute Gasteiger partial charge is 0.329 e. The van der Waals surface area contributed by atoms with Crippen molar-refractivity contribution in [3.63, 3.8) is 0 Å². The van der Waals surface area contributed by atoms with Crippen LogP contribution in [0.5, 0.6) is 0 Å². The quantitative estimate of drug-likeness (QED) is 0.304. The molecule has 0 spiro atoms. The van der Waals surface area contributed by atoms with E-state index in [0.717, 1.165) is 19.6 Å². The van der Waals surface area contributed by atoms with E-state index in [1.165, 1.54) is 96.3 Å². The molecular weight excluding hydrogens is 268 g/mol. The Morgan fingerprint density at radius 1 is 0.682 bits per heavy atom. The van der Waals surface area contributed by atoms with E-state index in [2.05, 4.69) is 18.7 Å². The van der Waals surface area contributed by atoms with Crippen molar-refractivity contribution in [1.29, 1.82) is 0 Å². The number of nitrogens with two attached hydrogens (primary N) is 1. The molecule has 0 saturated heterocycles. The fraction of sp³-hybridized carbons (Fsp3) is 0.950. The summed E-state index contributed by atoms with van der Waals surface area (Å²) in [6.45, 7) is 5.00. The second-order valence-corrected chi connectivity index (χ2v) is 6.67. The zero-order chi connectivity index (χ0) is 16.1. The van der Waals surface area contributed by atoms with E-state index in [4.69, 9.17) is 5.73 Å². The van der Waals surface area contributed by atoms with Crippen LogP contribution in [0.3, 0.4) is 0 Å². The highest BCUT2D eigenvalue weighted by Crippen LogP contribution is 2.13. The number of hydrogen-bond acceptors (Lipinski definition) is 2. The molecule has 0 rings (SSSR count). The SMILES string of the molecule is CCCCCCCCCCCCCCCC[CH]CNCCN. The Kier molecular flexibility index (Phi) is 20.8. The zero-order valence-electron chi connectivity index (χ0n) is 15.4. The van der Waals surface area contributed by atoms with Gasteiger partial charge in [-0.15, -0.1) is 0 Å². The van der Waals surface area contributed by atoms with E-state index >= 15 is 0 Å². The molecule has 3 N–H and O–H groups in total. The second kappa shape index (κ2) is 20.9. The lowest BCUT2D eigenvalue weighted by Crippen LogP contribution is -2.23. The smallest absolute Gasteiger partial charge is 0.00746 e.